The standard InChI is InChI=1S/C20H22N2O3S/c1-2-24-17-10-6-7-13-11-15(19(23)25-18(13)17)16-12-26-20(22-16)21-14-8-4-3-5-9-14/h6-7,10-12,14H,2-5,8-9H2,1H3,(H,21,22). The third kappa shape index (κ3) is 3.46. The van der Waals surface area contributed by atoms with Crippen LogP contribution in [0.1, 0.15) is 39.0 Å². The van der Waals surface area contributed by atoms with Crippen LogP contribution < -0.4 is 15.7 Å². The van der Waals surface area contributed by atoms with Gasteiger partial charge < -0.3 is 14.5 Å². The highest BCUT2D eigenvalue weighted by molar-refractivity contribution is 7.14. The highest BCUT2D eigenvalue weighted by Gasteiger charge is 2.17. The van der Waals surface area contributed by atoms with Crippen LogP contribution in [0.3, 0.4) is 0 Å². The molecule has 4 rings (SSSR count). The molecule has 0 aliphatic heterocycles. The Hall–Kier alpha value is -2.34. The fourth-order valence-electron chi connectivity index (χ4n) is 3.45. The van der Waals surface area contributed by atoms with Gasteiger partial charge >= 0.3 is 5.63 Å². The van der Waals surface area contributed by atoms with Crippen molar-refractivity contribution in [3.05, 3.63) is 40.1 Å². The average molecular weight is 370 g/mol. The van der Waals surface area contributed by atoms with Gasteiger partial charge in [-0.1, -0.05) is 31.4 Å². The van der Waals surface area contributed by atoms with Crippen molar-refractivity contribution in [2.75, 3.05) is 11.9 Å². The minimum atomic E-state index is -0.390. The Morgan fingerprint density at radius 2 is 2.15 bits per heavy atom. The maximum absolute atomic E-state index is 12.5. The Bertz CT molecular complexity index is 957. The van der Waals surface area contributed by atoms with Crippen molar-refractivity contribution >= 4 is 27.4 Å². The van der Waals surface area contributed by atoms with Gasteiger partial charge in [-0.2, -0.15) is 0 Å². The molecular formula is C20H22N2O3S. The molecular weight excluding hydrogens is 348 g/mol. The van der Waals surface area contributed by atoms with Gasteiger partial charge in [0.25, 0.3) is 0 Å². The second kappa shape index (κ2) is 7.50. The van der Waals surface area contributed by atoms with Gasteiger partial charge in [0.1, 0.15) is 0 Å². The van der Waals surface area contributed by atoms with Gasteiger partial charge in [-0.25, -0.2) is 9.78 Å². The van der Waals surface area contributed by atoms with Crippen LogP contribution in [-0.2, 0) is 0 Å². The second-order valence-electron chi connectivity index (χ2n) is 6.57. The van der Waals surface area contributed by atoms with Gasteiger partial charge in [-0.15, -0.1) is 11.3 Å². The molecule has 1 fully saturated rings. The lowest BCUT2D eigenvalue weighted by Gasteiger charge is -2.22. The summed E-state index contributed by atoms with van der Waals surface area (Å²) in [6, 6.07) is 7.95. The molecule has 0 atom stereocenters. The van der Waals surface area contributed by atoms with Crippen LogP contribution in [0.4, 0.5) is 5.13 Å². The first kappa shape index (κ1) is 17.1. The van der Waals surface area contributed by atoms with E-state index < -0.39 is 0 Å². The van der Waals surface area contributed by atoms with E-state index in [1.165, 1.54) is 43.4 Å². The second-order valence-corrected chi connectivity index (χ2v) is 7.43. The van der Waals surface area contributed by atoms with Gasteiger partial charge in [0, 0.05) is 16.8 Å². The van der Waals surface area contributed by atoms with Gasteiger partial charge in [-0.05, 0) is 31.9 Å². The molecule has 26 heavy (non-hydrogen) atoms. The maximum atomic E-state index is 12.5. The Morgan fingerprint density at radius 3 is 2.96 bits per heavy atom. The first-order valence-corrected chi connectivity index (χ1v) is 10.0. The number of thiazole rings is 1. The summed E-state index contributed by atoms with van der Waals surface area (Å²) in [6.45, 7) is 2.42. The SMILES string of the molecule is CCOc1cccc2cc(-c3csc(NC4CCCCC4)n3)c(=O)oc12. The summed E-state index contributed by atoms with van der Waals surface area (Å²) >= 11 is 1.54. The third-order valence-electron chi connectivity index (χ3n) is 4.74. The van der Waals surface area contributed by atoms with E-state index in [4.69, 9.17) is 9.15 Å². The zero-order valence-electron chi connectivity index (χ0n) is 14.8. The van der Waals surface area contributed by atoms with Crippen molar-refractivity contribution < 1.29 is 9.15 Å². The number of hydrogen-bond donors (Lipinski definition) is 1. The molecule has 0 bridgehead atoms. The Morgan fingerprint density at radius 1 is 1.31 bits per heavy atom. The molecule has 1 aliphatic carbocycles. The fourth-order valence-corrected chi connectivity index (χ4v) is 4.24. The first-order valence-electron chi connectivity index (χ1n) is 9.16. The summed E-state index contributed by atoms with van der Waals surface area (Å²) < 4.78 is 11.1. The van der Waals surface area contributed by atoms with Gasteiger partial charge in [0.2, 0.25) is 0 Å². The molecule has 1 aliphatic rings. The van der Waals surface area contributed by atoms with Gasteiger partial charge in [0.05, 0.1) is 17.9 Å². The predicted octanol–water partition coefficient (Wildman–Crippen LogP) is 5.06. The number of benzene rings is 1. The number of hydrogen-bond acceptors (Lipinski definition) is 6. The summed E-state index contributed by atoms with van der Waals surface area (Å²) in [6.07, 6.45) is 6.24. The number of anilines is 1. The monoisotopic (exact) mass is 370 g/mol. The quantitative estimate of drug-likeness (QED) is 0.636. The predicted molar refractivity (Wildman–Crippen MR) is 105 cm³/mol. The van der Waals surface area contributed by atoms with Crippen molar-refractivity contribution in [2.24, 2.45) is 0 Å². The minimum Gasteiger partial charge on any atom is -0.490 e. The van der Waals surface area contributed by atoms with Gasteiger partial charge in [0.15, 0.2) is 16.5 Å². The Labute approximate surface area is 156 Å². The molecule has 0 unspecified atom stereocenters. The third-order valence-corrected chi connectivity index (χ3v) is 5.51. The fraction of sp³-hybridized carbons (Fsp3) is 0.400. The normalized spacial score (nSPS) is 15.3. The largest absolute Gasteiger partial charge is 0.490 e. The minimum absolute atomic E-state index is 0.390. The van der Waals surface area contributed by atoms with Crippen LogP contribution >= 0.6 is 11.3 Å². The molecule has 1 N–H and O–H groups in total. The molecule has 0 amide bonds. The molecule has 5 nitrogen and oxygen atoms in total. The van der Waals surface area contributed by atoms with Crippen LogP contribution in [-0.4, -0.2) is 17.6 Å². The van der Waals surface area contributed by atoms with Crippen molar-refractivity contribution in [2.45, 2.75) is 45.1 Å². The summed E-state index contributed by atoms with van der Waals surface area (Å²) in [5, 5.41) is 7.12. The van der Waals surface area contributed by atoms with Crippen LogP contribution in [0.2, 0.25) is 0 Å². The zero-order chi connectivity index (χ0) is 17.9. The van der Waals surface area contributed by atoms with Crippen molar-refractivity contribution in [3.8, 4) is 17.0 Å². The lowest BCUT2D eigenvalue weighted by atomic mass is 9.96. The average Bonchev–Trinajstić information content (AvgIpc) is 3.11. The summed E-state index contributed by atoms with van der Waals surface area (Å²) in [7, 11) is 0. The van der Waals surface area contributed by atoms with E-state index in [0.29, 0.717) is 35.2 Å². The zero-order valence-corrected chi connectivity index (χ0v) is 15.6. The van der Waals surface area contributed by atoms with E-state index in [1.807, 2.05) is 36.6 Å². The van der Waals surface area contributed by atoms with Crippen molar-refractivity contribution in [1.29, 1.82) is 0 Å². The van der Waals surface area contributed by atoms with Crippen molar-refractivity contribution in [1.82, 2.24) is 4.98 Å². The van der Waals surface area contributed by atoms with Crippen LogP contribution in [0.15, 0.2) is 38.9 Å². The molecule has 136 valence electrons. The molecule has 2 heterocycles. The number of rotatable bonds is 5. The number of ether oxygens (including phenoxy) is 1. The van der Waals surface area contributed by atoms with E-state index in [0.717, 1.165) is 10.5 Å². The first-order chi connectivity index (χ1) is 12.7. The van der Waals surface area contributed by atoms with Gasteiger partial charge in [-0.3, -0.25) is 0 Å². The molecule has 1 aromatic carbocycles. The molecule has 6 heteroatoms. The lowest BCUT2D eigenvalue weighted by molar-refractivity contribution is 0.337. The van der Waals surface area contributed by atoms with E-state index in [9.17, 15) is 4.79 Å². The number of nitrogens with zero attached hydrogens (tertiary/aromatic N) is 1. The van der Waals surface area contributed by atoms with Crippen LogP contribution in [0.5, 0.6) is 5.75 Å². The lowest BCUT2D eigenvalue weighted by Crippen LogP contribution is -2.22. The Kier molecular flexibility index (Phi) is 4.93. The smallest absolute Gasteiger partial charge is 0.345 e. The topological polar surface area (TPSA) is 64.4 Å². The number of para-hydroxylation sites is 1. The highest BCUT2D eigenvalue weighted by Crippen LogP contribution is 2.30. The van der Waals surface area contributed by atoms with E-state index in [2.05, 4.69) is 10.3 Å². The Balaban J connectivity index is 1.64. The summed E-state index contributed by atoms with van der Waals surface area (Å²) in [5.41, 5.74) is 1.24. The molecule has 2 aromatic heterocycles. The van der Waals surface area contributed by atoms with Crippen LogP contribution in [0.25, 0.3) is 22.2 Å². The molecule has 0 spiro atoms. The summed E-state index contributed by atoms with van der Waals surface area (Å²) in [4.78, 5) is 17.1. The maximum Gasteiger partial charge on any atom is 0.345 e. The van der Waals surface area contributed by atoms with E-state index >= 15 is 0 Å². The molecule has 0 saturated heterocycles. The summed E-state index contributed by atoms with van der Waals surface area (Å²) in [5.74, 6) is 0.589. The molecule has 0 radical (unpaired) electrons. The van der Waals surface area contributed by atoms with E-state index in [1.54, 1.807) is 0 Å². The van der Waals surface area contributed by atoms with Crippen LogP contribution in [0, 0.1) is 0 Å². The van der Waals surface area contributed by atoms with Crippen molar-refractivity contribution in [3.63, 3.8) is 0 Å². The van der Waals surface area contributed by atoms with E-state index in [-0.39, 0.29) is 5.63 Å². The number of fused-ring (bicyclic) bond motifs is 1. The molecule has 1 saturated carbocycles. The number of aromatic nitrogens is 1. The number of nitrogens with one attached hydrogen (secondary N) is 1. The highest BCUT2D eigenvalue weighted by atomic mass is 32.1. The molecule has 3 aromatic rings.